The normalized spacial score (nSPS) is 18.6. The van der Waals surface area contributed by atoms with Crippen LogP contribution in [0.15, 0.2) is 95.6 Å². The maximum Gasteiger partial charge on any atom is 0.227 e. The number of hydrogen-bond donors (Lipinski definition) is 0. The largest absolute Gasteiger partial charge is 0.463 e. The van der Waals surface area contributed by atoms with Crippen molar-refractivity contribution in [3.8, 4) is 11.5 Å². The van der Waals surface area contributed by atoms with Gasteiger partial charge in [0.05, 0.1) is 18.2 Å². The Morgan fingerprint density at radius 1 is 0.789 bits per heavy atom. The molecule has 38 heavy (non-hydrogen) atoms. The lowest BCUT2D eigenvalue weighted by molar-refractivity contribution is -0.137. The topological polar surface area (TPSA) is 65.7 Å². The zero-order valence-corrected chi connectivity index (χ0v) is 21.5. The molecule has 1 unspecified atom stereocenters. The standard InChI is InChI=1S/C31H33N5O2/c37-31(26-13-7-17-36(23-26)29-16-15-27(32-33-29)28-14-8-22-38-28)35-20-18-34(19-21-35)30(24-9-3-1-4-10-24)25-11-5-2-6-12-25/h1-6,8-12,14-16,22,26,30H,7,13,17-21,23H2. The smallest absolute Gasteiger partial charge is 0.227 e. The van der Waals surface area contributed by atoms with Crippen molar-refractivity contribution in [3.05, 3.63) is 102 Å². The third kappa shape index (κ3) is 5.20. The molecule has 0 saturated carbocycles. The van der Waals surface area contributed by atoms with Crippen molar-refractivity contribution in [2.45, 2.75) is 18.9 Å². The molecule has 0 N–H and O–H groups in total. The van der Waals surface area contributed by atoms with Gasteiger partial charge in [-0.2, -0.15) is 0 Å². The van der Waals surface area contributed by atoms with Gasteiger partial charge in [0.25, 0.3) is 0 Å². The first kappa shape index (κ1) is 24.4. The Balaban J connectivity index is 1.09. The molecule has 6 rings (SSSR count). The van der Waals surface area contributed by atoms with Crippen LogP contribution in [0.1, 0.15) is 30.0 Å². The van der Waals surface area contributed by atoms with Crippen LogP contribution in [-0.2, 0) is 4.79 Å². The number of rotatable bonds is 6. The van der Waals surface area contributed by atoms with Crippen LogP contribution < -0.4 is 4.90 Å². The summed E-state index contributed by atoms with van der Waals surface area (Å²) in [5, 5.41) is 8.78. The van der Waals surface area contributed by atoms with Crippen molar-refractivity contribution >= 4 is 11.7 Å². The number of hydrogen-bond acceptors (Lipinski definition) is 6. The summed E-state index contributed by atoms with van der Waals surface area (Å²) in [4.78, 5) is 20.4. The molecule has 2 aliphatic heterocycles. The molecule has 2 saturated heterocycles. The minimum atomic E-state index is -0.0131. The second-order valence-corrected chi connectivity index (χ2v) is 10.1. The highest BCUT2D eigenvalue weighted by Gasteiger charge is 2.33. The van der Waals surface area contributed by atoms with E-state index in [1.165, 1.54) is 11.1 Å². The average molecular weight is 508 g/mol. The van der Waals surface area contributed by atoms with Gasteiger partial charge in [0, 0.05) is 39.3 Å². The van der Waals surface area contributed by atoms with Gasteiger partial charge in [0.1, 0.15) is 5.69 Å². The summed E-state index contributed by atoms with van der Waals surface area (Å²) < 4.78 is 5.42. The van der Waals surface area contributed by atoms with Crippen molar-refractivity contribution in [1.82, 2.24) is 20.0 Å². The van der Waals surface area contributed by atoms with E-state index in [1.807, 2.05) is 24.3 Å². The Labute approximate surface area is 223 Å². The lowest BCUT2D eigenvalue weighted by atomic mass is 9.95. The van der Waals surface area contributed by atoms with E-state index in [0.29, 0.717) is 18.0 Å². The minimum Gasteiger partial charge on any atom is -0.463 e. The Hall–Kier alpha value is -3.97. The molecule has 0 radical (unpaired) electrons. The van der Waals surface area contributed by atoms with Gasteiger partial charge in [0.2, 0.25) is 5.91 Å². The highest BCUT2D eigenvalue weighted by atomic mass is 16.3. The molecule has 2 aromatic heterocycles. The first-order valence-corrected chi connectivity index (χ1v) is 13.5. The number of piperidine rings is 1. The summed E-state index contributed by atoms with van der Waals surface area (Å²) in [5.41, 5.74) is 3.30. The Morgan fingerprint density at radius 3 is 2.11 bits per heavy atom. The van der Waals surface area contributed by atoms with Crippen LogP contribution in [-0.4, -0.2) is 65.2 Å². The van der Waals surface area contributed by atoms with Crippen molar-refractivity contribution in [2.75, 3.05) is 44.2 Å². The fourth-order valence-electron chi connectivity index (χ4n) is 5.78. The average Bonchev–Trinajstić information content (AvgIpc) is 3.54. The number of carbonyl (C=O) groups excluding carboxylic acids is 1. The van der Waals surface area contributed by atoms with E-state index in [-0.39, 0.29) is 17.9 Å². The number of benzene rings is 2. The van der Waals surface area contributed by atoms with Crippen molar-refractivity contribution in [2.24, 2.45) is 5.92 Å². The van der Waals surface area contributed by atoms with Gasteiger partial charge < -0.3 is 14.2 Å². The zero-order chi connectivity index (χ0) is 25.7. The fourth-order valence-corrected chi connectivity index (χ4v) is 5.78. The fraction of sp³-hybridized carbons (Fsp3) is 0.323. The van der Waals surface area contributed by atoms with E-state index in [0.717, 1.165) is 51.4 Å². The Kier molecular flexibility index (Phi) is 7.18. The molecular weight excluding hydrogens is 474 g/mol. The van der Waals surface area contributed by atoms with Crippen molar-refractivity contribution < 1.29 is 9.21 Å². The van der Waals surface area contributed by atoms with Crippen LogP contribution in [0.25, 0.3) is 11.5 Å². The summed E-state index contributed by atoms with van der Waals surface area (Å²) in [6, 6.07) is 29.2. The monoisotopic (exact) mass is 507 g/mol. The number of furan rings is 1. The summed E-state index contributed by atoms with van der Waals surface area (Å²) in [5.74, 6) is 1.78. The highest BCUT2D eigenvalue weighted by Crippen LogP contribution is 2.30. The van der Waals surface area contributed by atoms with Crippen molar-refractivity contribution in [1.29, 1.82) is 0 Å². The highest BCUT2D eigenvalue weighted by molar-refractivity contribution is 5.80. The van der Waals surface area contributed by atoms with Gasteiger partial charge >= 0.3 is 0 Å². The third-order valence-corrected chi connectivity index (χ3v) is 7.74. The second kappa shape index (κ2) is 11.2. The van der Waals surface area contributed by atoms with Crippen LogP contribution in [0.4, 0.5) is 5.82 Å². The molecule has 0 spiro atoms. The number of amides is 1. The molecule has 2 aliphatic rings. The van der Waals surface area contributed by atoms with Crippen LogP contribution in [0.2, 0.25) is 0 Å². The number of carbonyl (C=O) groups is 1. The molecule has 2 aromatic carbocycles. The van der Waals surface area contributed by atoms with Crippen LogP contribution in [0.5, 0.6) is 0 Å². The summed E-state index contributed by atoms with van der Waals surface area (Å²) >= 11 is 0. The predicted molar refractivity (Wildman–Crippen MR) is 148 cm³/mol. The Bertz CT molecular complexity index is 1260. The van der Waals surface area contributed by atoms with E-state index >= 15 is 0 Å². The molecule has 194 valence electrons. The molecule has 4 heterocycles. The third-order valence-electron chi connectivity index (χ3n) is 7.74. The van der Waals surface area contributed by atoms with Gasteiger partial charge in [-0.25, -0.2) is 0 Å². The molecular formula is C31H33N5O2. The molecule has 4 aromatic rings. The lowest BCUT2D eigenvalue weighted by Gasteiger charge is -2.42. The van der Waals surface area contributed by atoms with E-state index < -0.39 is 0 Å². The van der Waals surface area contributed by atoms with E-state index in [9.17, 15) is 4.79 Å². The minimum absolute atomic E-state index is 0.0131. The first-order valence-electron chi connectivity index (χ1n) is 13.5. The maximum absolute atomic E-state index is 13.6. The summed E-state index contributed by atoms with van der Waals surface area (Å²) in [7, 11) is 0. The number of anilines is 1. The number of aromatic nitrogens is 2. The predicted octanol–water partition coefficient (Wildman–Crippen LogP) is 4.89. The van der Waals surface area contributed by atoms with Crippen LogP contribution in [0, 0.1) is 5.92 Å². The first-order chi connectivity index (χ1) is 18.8. The molecule has 0 aliphatic carbocycles. The van der Waals surface area contributed by atoms with Gasteiger partial charge in [-0.3, -0.25) is 9.69 Å². The maximum atomic E-state index is 13.6. The Morgan fingerprint density at radius 2 is 1.50 bits per heavy atom. The zero-order valence-electron chi connectivity index (χ0n) is 21.5. The quantitative estimate of drug-likeness (QED) is 0.370. The molecule has 0 bridgehead atoms. The molecule has 2 fully saturated rings. The summed E-state index contributed by atoms with van der Waals surface area (Å²) in [6.45, 7) is 4.80. The van der Waals surface area contributed by atoms with Crippen LogP contribution in [0.3, 0.4) is 0 Å². The summed E-state index contributed by atoms with van der Waals surface area (Å²) in [6.07, 6.45) is 3.53. The molecule has 7 heteroatoms. The number of piperazine rings is 1. The number of nitrogens with zero attached hydrogens (tertiary/aromatic N) is 5. The van der Waals surface area contributed by atoms with Gasteiger partial charge in [-0.1, -0.05) is 60.7 Å². The SMILES string of the molecule is O=C(C1CCCN(c2ccc(-c3ccco3)nn2)C1)N1CCN(C(c2ccccc2)c2ccccc2)CC1. The molecule has 1 amide bonds. The van der Waals surface area contributed by atoms with E-state index in [1.54, 1.807) is 6.26 Å². The van der Waals surface area contributed by atoms with Gasteiger partial charge in [0.15, 0.2) is 11.6 Å². The molecule has 1 atom stereocenters. The van der Waals surface area contributed by atoms with E-state index in [2.05, 4.69) is 85.6 Å². The lowest BCUT2D eigenvalue weighted by Crippen LogP contribution is -2.53. The van der Waals surface area contributed by atoms with Gasteiger partial charge in [-0.15, -0.1) is 10.2 Å². The van der Waals surface area contributed by atoms with Crippen LogP contribution >= 0.6 is 0 Å². The van der Waals surface area contributed by atoms with Crippen molar-refractivity contribution in [3.63, 3.8) is 0 Å². The van der Waals surface area contributed by atoms with E-state index in [4.69, 9.17) is 4.42 Å². The van der Waals surface area contributed by atoms with Gasteiger partial charge in [-0.05, 0) is 48.2 Å². The second-order valence-electron chi connectivity index (χ2n) is 10.1. The molecule has 7 nitrogen and oxygen atoms in total.